The molecule has 0 bridgehead atoms. The third kappa shape index (κ3) is 4.47. The molecule has 0 aromatic heterocycles. The van der Waals surface area contributed by atoms with Crippen LogP contribution in [0.3, 0.4) is 0 Å². The monoisotopic (exact) mass is 336 g/mol. The highest BCUT2D eigenvalue weighted by Crippen LogP contribution is 2.39. The number of anilines is 1. The number of nitrogens with zero attached hydrogens (tertiary/aromatic N) is 1. The molecule has 3 rings (SSSR count). The predicted octanol–water partition coefficient (Wildman–Crippen LogP) is 3.03. The van der Waals surface area contributed by atoms with Crippen molar-refractivity contribution in [2.45, 2.75) is 50.4 Å². The molecule has 2 aliphatic carbocycles. The van der Waals surface area contributed by atoms with Crippen LogP contribution in [0.1, 0.15) is 38.2 Å². The number of benzene rings is 1. The van der Waals surface area contributed by atoms with Gasteiger partial charge in [-0.15, -0.1) is 0 Å². The van der Waals surface area contributed by atoms with Crippen molar-refractivity contribution in [1.82, 2.24) is 4.90 Å². The molecule has 0 spiro atoms. The van der Waals surface area contributed by atoms with Crippen LogP contribution in [0, 0.1) is 5.92 Å². The third-order valence-electron chi connectivity index (χ3n) is 4.52. The van der Waals surface area contributed by atoms with E-state index >= 15 is 0 Å². The molecule has 2 fully saturated rings. The molecule has 0 heterocycles. The molecular weight excluding hydrogens is 312 g/mol. The second-order valence-corrected chi connectivity index (χ2v) is 9.06. The summed E-state index contributed by atoms with van der Waals surface area (Å²) in [5.41, 5.74) is 1.35. The molecule has 2 saturated carbocycles. The zero-order valence-corrected chi connectivity index (χ0v) is 14.5. The lowest BCUT2D eigenvalue weighted by molar-refractivity contribution is 0.180. The van der Waals surface area contributed by atoms with Crippen LogP contribution in [-0.4, -0.2) is 37.7 Å². The zero-order chi connectivity index (χ0) is 16.6. The quantitative estimate of drug-likeness (QED) is 0.868. The number of hydrogen-bond donors (Lipinski definition) is 1. The summed E-state index contributed by atoms with van der Waals surface area (Å²) in [4.78, 5) is 14.6. The average molecular weight is 336 g/mol. The van der Waals surface area contributed by atoms with Crippen molar-refractivity contribution in [2.75, 3.05) is 11.6 Å². The van der Waals surface area contributed by atoms with Crippen LogP contribution in [0.4, 0.5) is 10.5 Å². The number of nitrogens with one attached hydrogen (secondary N) is 1. The van der Waals surface area contributed by atoms with Crippen LogP contribution < -0.4 is 5.32 Å². The number of rotatable bonds is 6. The van der Waals surface area contributed by atoms with E-state index in [1.165, 1.54) is 19.1 Å². The van der Waals surface area contributed by atoms with Gasteiger partial charge in [0.15, 0.2) is 9.84 Å². The molecule has 1 aromatic rings. The largest absolute Gasteiger partial charge is 0.322 e. The molecule has 2 aliphatic rings. The normalized spacial score (nSPS) is 19.2. The molecule has 0 aliphatic heterocycles. The van der Waals surface area contributed by atoms with E-state index in [-0.39, 0.29) is 17.8 Å². The molecule has 1 aromatic carbocycles. The maximum atomic E-state index is 12.7. The third-order valence-corrected chi connectivity index (χ3v) is 5.38. The first-order chi connectivity index (χ1) is 10.8. The Morgan fingerprint density at radius 3 is 2.57 bits per heavy atom. The topological polar surface area (TPSA) is 66.5 Å². The SMILES string of the molecule is C[C@H](C1CC1)N(C(=O)Nc1cccc(CS(C)(=O)=O)c1)C1CC1. The van der Waals surface area contributed by atoms with Crippen LogP contribution in [0.5, 0.6) is 0 Å². The first kappa shape index (κ1) is 16.3. The van der Waals surface area contributed by atoms with Crippen molar-refractivity contribution in [3.8, 4) is 0 Å². The molecular formula is C17H24N2O3S. The number of amides is 2. The minimum Gasteiger partial charge on any atom is -0.319 e. The maximum Gasteiger partial charge on any atom is 0.322 e. The Kier molecular flexibility index (Phi) is 4.36. The van der Waals surface area contributed by atoms with Gasteiger partial charge in [0.25, 0.3) is 0 Å². The molecule has 23 heavy (non-hydrogen) atoms. The van der Waals surface area contributed by atoms with Gasteiger partial charge in [0.2, 0.25) is 0 Å². The number of sulfone groups is 1. The van der Waals surface area contributed by atoms with Crippen molar-refractivity contribution < 1.29 is 13.2 Å². The Morgan fingerprint density at radius 2 is 2.00 bits per heavy atom. The minimum absolute atomic E-state index is 0.0124. The van der Waals surface area contributed by atoms with Gasteiger partial charge in [0, 0.05) is 24.0 Å². The van der Waals surface area contributed by atoms with Crippen LogP contribution in [-0.2, 0) is 15.6 Å². The number of carbonyl (C=O) groups is 1. The Balaban J connectivity index is 1.70. The highest BCUT2D eigenvalue weighted by molar-refractivity contribution is 7.89. The van der Waals surface area contributed by atoms with E-state index < -0.39 is 9.84 Å². The van der Waals surface area contributed by atoms with Gasteiger partial charge in [-0.3, -0.25) is 0 Å². The number of hydrogen-bond acceptors (Lipinski definition) is 3. The smallest absolute Gasteiger partial charge is 0.319 e. The van der Waals surface area contributed by atoms with E-state index in [1.807, 2.05) is 4.90 Å². The fourth-order valence-electron chi connectivity index (χ4n) is 3.07. The van der Waals surface area contributed by atoms with E-state index in [0.29, 0.717) is 23.2 Å². The Labute approximate surface area is 138 Å². The number of carbonyl (C=O) groups excluding carboxylic acids is 1. The second kappa shape index (κ2) is 6.15. The first-order valence-electron chi connectivity index (χ1n) is 8.19. The van der Waals surface area contributed by atoms with Gasteiger partial charge < -0.3 is 10.2 Å². The maximum absolute atomic E-state index is 12.7. The second-order valence-electron chi connectivity index (χ2n) is 6.92. The van der Waals surface area contributed by atoms with Crippen molar-refractivity contribution in [3.63, 3.8) is 0 Å². The van der Waals surface area contributed by atoms with Crippen molar-refractivity contribution in [1.29, 1.82) is 0 Å². The Hall–Kier alpha value is -1.56. The van der Waals surface area contributed by atoms with Crippen molar-refractivity contribution >= 4 is 21.6 Å². The first-order valence-corrected chi connectivity index (χ1v) is 10.3. The lowest BCUT2D eigenvalue weighted by Crippen LogP contribution is -2.44. The highest BCUT2D eigenvalue weighted by atomic mass is 32.2. The summed E-state index contributed by atoms with van der Waals surface area (Å²) < 4.78 is 22.8. The van der Waals surface area contributed by atoms with E-state index in [9.17, 15) is 13.2 Å². The minimum atomic E-state index is -3.08. The van der Waals surface area contributed by atoms with E-state index in [2.05, 4.69) is 12.2 Å². The van der Waals surface area contributed by atoms with Crippen molar-refractivity contribution in [3.05, 3.63) is 29.8 Å². The predicted molar refractivity (Wildman–Crippen MR) is 91.1 cm³/mol. The molecule has 1 atom stereocenters. The zero-order valence-electron chi connectivity index (χ0n) is 13.7. The summed E-state index contributed by atoms with van der Waals surface area (Å²) in [5.74, 6) is 0.625. The van der Waals surface area contributed by atoms with Gasteiger partial charge in [0.1, 0.15) is 0 Å². The summed E-state index contributed by atoms with van der Waals surface area (Å²) in [6.45, 7) is 2.13. The molecule has 0 saturated heterocycles. The van der Waals surface area contributed by atoms with Gasteiger partial charge in [0.05, 0.1) is 5.75 Å². The molecule has 2 amide bonds. The Morgan fingerprint density at radius 1 is 1.30 bits per heavy atom. The molecule has 1 N–H and O–H groups in total. The standard InChI is InChI=1S/C17H24N2O3S/c1-12(14-6-7-14)19(16-8-9-16)17(20)18-15-5-3-4-13(10-15)11-23(2,21)22/h3-5,10,12,14,16H,6-9,11H2,1-2H3,(H,18,20)/t12-/m1/s1. The van der Waals surface area contributed by atoms with Crippen LogP contribution in [0.25, 0.3) is 0 Å². The molecule has 6 heteroatoms. The summed E-state index contributed by atoms with van der Waals surface area (Å²) in [6.07, 6.45) is 5.80. The van der Waals surface area contributed by atoms with Gasteiger partial charge in [-0.2, -0.15) is 0 Å². The highest BCUT2D eigenvalue weighted by Gasteiger charge is 2.41. The van der Waals surface area contributed by atoms with Gasteiger partial charge in [-0.05, 0) is 56.2 Å². The van der Waals surface area contributed by atoms with E-state index in [4.69, 9.17) is 0 Å². The van der Waals surface area contributed by atoms with Gasteiger partial charge in [-0.25, -0.2) is 13.2 Å². The molecule has 0 unspecified atom stereocenters. The van der Waals surface area contributed by atoms with Crippen LogP contribution in [0.15, 0.2) is 24.3 Å². The summed E-state index contributed by atoms with van der Waals surface area (Å²) in [7, 11) is -3.08. The fraction of sp³-hybridized carbons (Fsp3) is 0.588. The van der Waals surface area contributed by atoms with Gasteiger partial charge >= 0.3 is 6.03 Å². The van der Waals surface area contributed by atoms with E-state index in [0.717, 1.165) is 12.8 Å². The number of urea groups is 1. The summed E-state index contributed by atoms with van der Waals surface area (Å²) in [5, 5.41) is 2.95. The fourth-order valence-corrected chi connectivity index (χ4v) is 3.86. The summed E-state index contributed by atoms with van der Waals surface area (Å²) in [6, 6.07) is 7.67. The van der Waals surface area contributed by atoms with E-state index in [1.54, 1.807) is 24.3 Å². The van der Waals surface area contributed by atoms with Gasteiger partial charge in [-0.1, -0.05) is 12.1 Å². The lowest BCUT2D eigenvalue weighted by Gasteiger charge is -2.29. The molecule has 0 radical (unpaired) electrons. The lowest BCUT2D eigenvalue weighted by atomic mass is 10.2. The van der Waals surface area contributed by atoms with Crippen LogP contribution >= 0.6 is 0 Å². The average Bonchev–Trinajstić information content (AvgIpc) is 3.31. The Bertz CT molecular complexity index is 694. The molecule has 126 valence electrons. The van der Waals surface area contributed by atoms with Crippen molar-refractivity contribution in [2.24, 2.45) is 5.92 Å². The van der Waals surface area contributed by atoms with Crippen LogP contribution in [0.2, 0.25) is 0 Å². The molecule has 5 nitrogen and oxygen atoms in total. The summed E-state index contributed by atoms with van der Waals surface area (Å²) >= 11 is 0.